The van der Waals surface area contributed by atoms with Crippen LogP contribution in [-0.4, -0.2) is 68.5 Å². The van der Waals surface area contributed by atoms with Crippen molar-refractivity contribution in [3.8, 4) is 0 Å². The zero-order valence-electron chi connectivity index (χ0n) is 36.4. The molecule has 3 atom stereocenters. The standard InChI is InChI=1S/C45H91N2O6P/c1-6-8-10-12-14-16-18-20-21-22-23-24-25-27-28-30-32-34-36-38-44(48)43(42-53-54(50,51)52-41-40-47(3,4)5)46-45(49)39-37-35-33-31-29-26-19-17-15-13-11-9-7-2/h26,29,43-44,48H,6-25,27-28,30-42H2,1-5H3,(H-,46,49,50,51)/b29-26-. The molecule has 3 unspecified atom stereocenters. The number of aliphatic hydroxyl groups excluding tert-OH is 1. The summed E-state index contributed by atoms with van der Waals surface area (Å²) in [6.07, 6.45) is 42.1. The number of amides is 1. The van der Waals surface area contributed by atoms with Crippen molar-refractivity contribution in [2.45, 2.75) is 231 Å². The summed E-state index contributed by atoms with van der Waals surface area (Å²) in [5.41, 5.74) is 0. The summed E-state index contributed by atoms with van der Waals surface area (Å²) in [6.45, 7) is 4.71. The highest BCUT2D eigenvalue weighted by Crippen LogP contribution is 2.38. The van der Waals surface area contributed by atoms with E-state index in [2.05, 4.69) is 31.3 Å². The van der Waals surface area contributed by atoms with E-state index in [0.29, 0.717) is 23.9 Å². The maximum Gasteiger partial charge on any atom is 0.268 e. The second kappa shape index (κ2) is 37.8. The molecule has 9 heteroatoms. The molecule has 0 saturated heterocycles. The number of nitrogens with zero attached hydrogens (tertiary/aromatic N) is 1. The maximum atomic E-state index is 12.8. The second-order valence-electron chi connectivity index (χ2n) is 17.1. The van der Waals surface area contributed by atoms with Crippen molar-refractivity contribution in [3.05, 3.63) is 12.2 Å². The molecule has 0 aromatic heterocycles. The van der Waals surface area contributed by atoms with Gasteiger partial charge in [0, 0.05) is 6.42 Å². The van der Waals surface area contributed by atoms with E-state index in [-0.39, 0.29) is 19.1 Å². The molecule has 0 fully saturated rings. The number of phosphoric ester groups is 1. The monoisotopic (exact) mass is 787 g/mol. The zero-order chi connectivity index (χ0) is 40.0. The molecule has 1 amide bonds. The molecule has 0 saturated carbocycles. The fourth-order valence-corrected chi connectivity index (χ4v) is 7.52. The molecule has 0 rings (SSSR count). The molecule has 0 bridgehead atoms. The van der Waals surface area contributed by atoms with Crippen LogP contribution in [0, 0.1) is 0 Å². The number of phosphoric acid groups is 1. The molecule has 54 heavy (non-hydrogen) atoms. The third kappa shape index (κ3) is 39.5. The molecular weight excluding hydrogens is 695 g/mol. The Kier molecular flexibility index (Phi) is 37.3. The van der Waals surface area contributed by atoms with Crippen LogP contribution in [0.2, 0.25) is 0 Å². The number of hydrogen-bond donors (Lipinski definition) is 2. The van der Waals surface area contributed by atoms with Gasteiger partial charge in [0.15, 0.2) is 0 Å². The van der Waals surface area contributed by atoms with Gasteiger partial charge in [0.2, 0.25) is 5.91 Å². The summed E-state index contributed by atoms with van der Waals surface area (Å²) in [4.78, 5) is 25.3. The topological polar surface area (TPSA) is 108 Å². The highest BCUT2D eigenvalue weighted by molar-refractivity contribution is 7.45. The highest BCUT2D eigenvalue weighted by Gasteiger charge is 2.24. The van der Waals surface area contributed by atoms with E-state index in [1.54, 1.807) is 0 Å². The first-order chi connectivity index (χ1) is 26.0. The Morgan fingerprint density at radius 2 is 1.02 bits per heavy atom. The molecule has 0 aliphatic rings. The van der Waals surface area contributed by atoms with Crippen molar-refractivity contribution >= 4 is 13.7 Å². The first-order valence-corrected chi connectivity index (χ1v) is 24.5. The van der Waals surface area contributed by atoms with Crippen molar-refractivity contribution in [1.82, 2.24) is 5.32 Å². The smallest absolute Gasteiger partial charge is 0.268 e. The van der Waals surface area contributed by atoms with Crippen LogP contribution in [0.1, 0.15) is 219 Å². The van der Waals surface area contributed by atoms with Crippen molar-refractivity contribution in [2.75, 3.05) is 40.9 Å². The number of nitrogens with one attached hydrogen (secondary N) is 1. The quantitative estimate of drug-likeness (QED) is 0.0276. The molecule has 322 valence electrons. The number of aliphatic hydroxyl groups is 1. The molecular formula is C45H91N2O6P. The average Bonchev–Trinajstić information content (AvgIpc) is 3.12. The number of quaternary nitrogens is 1. The number of carbonyl (C=O) groups excluding carboxylic acids is 1. The van der Waals surface area contributed by atoms with Gasteiger partial charge < -0.3 is 28.8 Å². The predicted octanol–water partition coefficient (Wildman–Crippen LogP) is 12.1. The molecule has 0 aliphatic carbocycles. The molecule has 2 N–H and O–H groups in total. The number of likely N-dealkylation sites (N-methyl/N-ethyl adjacent to an activating group) is 1. The van der Waals surface area contributed by atoms with Crippen molar-refractivity contribution in [1.29, 1.82) is 0 Å². The number of unbranched alkanes of at least 4 members (excludes halogenated alkanes) is 27. The molecule has 0 aromatic rings. The third-order valence-electron chi connectivity index (χ3n) is 10.5. The van der Waals surface area contributed by atoms with Gasteiger partial charge in [-0.15, -0.1) is 0 Å². The lowest BCUT2D eigenvalue weighted by molar-refractivity contribution is -0.870. The normalized spacial score (nSPS) is 14.4. The Hall–Kier alpha value is -0.760. The Labute approximate surface area is 335 Å². The Morgan fingerprint density at radius 3 is 1.44 bits per heavy atom. The van der Waals surface area contributed by atoms with E-state index < -0.39 is 20.0 Å². The van der Waals surface area contributed by atoms with E-state index in [1.165, 1.54) is 141 Å². The van der Waals surface area contributed by atoms with Crippen LogP contribution in [0.4, 0.5) is 0 Å². The number of allylic oxidation sites excluding steroid dienone is 2. The van der Waals surface area contributed by atoms with Gasteiger partial charge in [-0.2, -0.15) is 0 Å². The van der Waals surface area contributed by atoms with Crippen LogP contribution in [0.5, 0.6) is 0 Å². The Bertz CT molecular complexity index is 896. The number of rotatable bonds is 42. The molecule has 0 aromatic carbocycles. The van der Waals surface area contributed by atoms with Crippen LogP contribution in [0.25, 0.3) is 0 Å². The Balaban J connectivity index is 4.32. The SMILES string of the molecule is CCCCCCCC/C=C\CCCCCC(=O)NC(COP(=O)([O-])OCC[N+](C)(C)C)C(O)CCCCCCCCCCCCCCCCCCCCC. The van der Waals surface area contributed by atoms with Gasteiger partial charge in [-0.1, -0.05) is 187 Å². The third-order valence-corrected chi connectivity index (χ3v) is 11.5. The lowest BCUT2D eigenvalue weighted by Crippen LogP contribution is -2.46. The minimum absolute atomic E-state index is 0.0114. The fourth-order valence-electron chi connectivity index (χ4n) is 6.80. The zero-order valence-corrected chi connectivity index (χ0v) is 37.3. The number of carbonyl (C=O) groups is 1. The molecule has 0 aliphatic heterocycles. The van der Waals surface area contributed by atoms with Gasteiger partial charge in [0.1, 0.15) is 13.2 Å². The van der Waals surface area contributed by atoms with Crippen molar-refractivity contribution in [3.63, 3.8) is 0 Å². The van der Waals surface area contributed by atoms with Gasteiger partial charge in [0.25, 0.3) is 7.82 Å². The second-order valence-corrected chi connectivity index (χ2v) is 18.5. The van der Waals surface area contributed by atoms with Crippen LogP contribution in [0.3, 0.4) is 0 Å². The van der Waals surface area contributed by atoms with Gasteiger partial charge >= 0.3 is 0 Å². The van der Waals surface area contributed by atoms with E-state index in [9.17, 15) is 19.4 Å². The molecule has 0 spiro atoms. The van der Waals surface area contributed by atoms with Crippen LogP contribution >= 0.6 is 7.82 Å². The largest absolute Gasteiger partial charge is 0.756 e. The van der Waals surface area contributed by atoms with Gasteiger partial charge in [-0.25, -0.2) is 0 Å². The molecule has 0 radical (unpaired) electrons. The predicted molar refractivity (Wildman–Crippen MR) is 229 cm³/mol. The van der Waals surface area contributed by atoms with Crippen LogP contribution in [-0.2, 0) is 18.4 Å². The lowest BCUT2D eigenvalue weighted by atomic mass is 10.0. The summed E-state index contributed by atoms with van der Waals surface area (Å²) in [5.74, 6) is -0.180. The lowest BCUT2D eigenvalue weighted by Gasteiger charge is -2.30. The van der Waals surface area contributed by atoms with Crippen molar-refractivity contribution < 1.29 is 32.9 Å². The molecule has 8 nitrogen and oxygen atoms in total. The summed E-state index contributed by atoms with van der Waals surface area (Å²) in [5, 5.41) is 13.9. The summed E-state index contributed by atoms with van der Waals surface area (Å²) < 4.78 is 23.3. The van der Waals surface area contributed by atoms with E-state index in [0.717, 1.165) is 51.4 Å². The van der Waals surface area contributed by atoms with Crippen molar-refractivity contribution in [2.24, 2.45) is 0 Å². The Morgan fingerprint density at radius 1 is 0.630 bits per heavy atom. The highest BCUT2D eigenvalue weighted by atomic mass is 31.2. The first kappa shape index (κ1) is 53.2. The summed E-state index contributed by atoms with van der Waals surface area (Å²) in [6, 6.07) is -0.803. The van der Waals surface area contributed by atoms with Crippen LogP contribution in [0.15, 0.2) is 12.2 Å². The van der Waals surface area contributed by atoms with E-state index >= 15 is 0 Å². The van der Waals surface area contributed by atoms with Crippen LogP contribution < -0.4 is 10.2 Å². The van der Waals surface area contributed by atoms with Gasteiger partial charge in [-0.05, 0) is 38.5 Å². The van der Waals surface area contributed by atoms with Gasteiger partial charge in [-0.3, -0.25) is 9.36 Å². The minimum Gasteiger partial charge on any atom is -0.756 e. The summed E-state index contributed by atoms with van der Waals surface area (Å²) in [7, 11) is 1.30. The average molecular weight is 787 g/mol. The fraction of sp³-hybridized carbons (Fsp3) is 0.933. The molecule has 0 heterocycles. The number of hydrogen-bond acceptors (Lipinski definition) is 6. The van der Waals surface area contributed by atoms with Gasteiger partial charge in [0.05, 0.1) is 39.9 Å². The first-order valence-electron chi connectivity index (χ1n) is 23.0. The van der Waals surface area contributed by atoms with E-state index in [1.807, 2.05) is 21.1 Å². The maximum absolute atomic E-state index is 12.8. The summed E-state index contributed by atoms with van der Waals surface area (Å²) >= 11 is 0. The minimum atomic E-state index is -4.56. The van der Waals surface area contributed by atoms with E-state index in [4.69, 9.17) is 9.05 Å².